The number of amides is 1. The minimum Gasteiger partial charge on any atom is -0.396 e. The number of nitrogens with two attached hydrogens (primary N) is 1. The zero-order chi connectivity index (χ0) is 10.4. The highest BCUT2D eigenvalue weighted by Crippen LogP contribution is 2.04. The van der Waals surface area contributed by atoms with Crippen molar-refractivity contribution >= 4 is 5.91 Å². The number of carbonyl (C=O) groups is 1. The van der Waals surface area contributed by atoms with Gasteiger partial charge in [0.2, 0.25) is 0 Å². The molecule has 0 saturated carbocycles. The summed E-state index contributed by atoms with van der Waals surface area (Å²) in [5.41, 5.74) is 6.61. The monoisotopic (exact) mass is 189 g/mol. The summed E-state index contributed by atoms with van der Waals surface area (Å²) < 4.78 is 0. The van der Waals surface area contributed by atoms with Gasteiger partial charge < -0.3 is 10.8 Å². The summed E-state index contributed by atoms with van der Waals surface area (Å²) in [6.45, 7) is 0.104. The molecule has 0 aliphatic carbocycles. The van der Waals surface area contributed by atoms with Crippen molar-refractivity contribution in [3.63, 3.8) is 0 Å². The molecule has 3 heteroatoms. The quantitative estimate of drug-likeness (QED) is 0.646. The van der Waals surface area contributed by atoms with E-state index in [9.17, 15) is 4.79 Å². The third-order valence-electron chi connectivity index (χ3n) is 1.66. The summed E-state index contributed by atoms with van der Waals surface area (Å²) in [7, 11) is 0. The van der Waals surface area contributed by atoms with E-state index in [0.717, 1.165) is 11.1 Å². The average molecular weight is 189 g/mol. The molecule has 0 aliphatic rings. The number of hydrogen-bond acceptors (Lipinski definition) is 2. The Morgan fingerprint density at radius 2 is 2.29 bits per heavy atom. The lowest BCUT2D eigenvalue weighted by Gasteiger charge is -1.97. The summed E-state index contributed by atoms with van der Waals surface area (Å²) in [5.74, 6) is 4.25. The molecule has 14 heavy (non-hydrogen) atoms. The van der Waals surface area contributed by atoms with E-state index < -0.39 is 5.91 Å². The fraction of sp³-hybridized carbons (Fsp3) is 0.182. The molecule has 0 fully saturated rings. The largest absolute Gasteiger partial charge is 0.396 e. The van der Waals surface area contributed by atoms with Crippen molar-refractivity contribution in [1.29, 1.82) is 0 Å². The van der Waals surface area contributed by atoms with Crippen LogP contribution in [0.4, 0.5) is 0 Å². The van der Waals surface area contributed by atoms with Crippen LogP contribution in [0.25, 0.3) is 0 Å². The molecule has 0 saturated heterocycles. The van der Waals surface area contributed by atoms with Gasteiger partial charge in [-0.05, 0) is 30.0 Å². The Labute approximate surface area is 82.6 Å². The van der Waals surface area contributed by atoms with Crippen molar-refractivity contribution in [2.45, 2.75) is 6.42 Å². The van der Waals surface area contributed by atoms with Gasteiger partial charge in [0.15, 0.2) is 0 Å². The normalized spacial score (nSPS) is 8.93. The number of benzene rings is 1. The Morgan fingerprint density at radius 1 is 1.50 bits per heavy atom. The second-order valence-corrected chi connectivity index (χ2v) is 2.79. The summed E-state index contributed by atoms with van der Waals surface area (Å²) >= 11 is 0. The van der Waals surface area contributed by atoms with E-state index in [1.165, 1.54) is 0 Å². The van der Waals surface area contributed by atoms with Crippen LogP contribution in [0.5, 0.6) is 0 Å². The molecular weight excluding hydrogens is 178 g/mol. The second-order valence-electron chi connectivity index (χ2n) is 2.79. The number of aliphatic hydroxyl groups is 1. The first-order chi connectivity index (χ1) is 6.72. The van der Waals surface area contributed by atoms with E-state index in [1.807, 2.05) is 18.2 Å². The van der Waals surface area contributed by atoms with Crippen LogP contribution < -0.4 is 5.73 Å². The first-order valence-electron chi connectivity index (χ1n) is 4.23. The molecule has 0 bridgehead atoms. The van der Waals surface area contributed by atoms with E-state index in [2.05, 4.69) is 11.8 Å². The van der Waals surface area contributed by atoms with Crippen LogP contribution in [0.15, 0.2) is 24.3 Å². The third-order valence-corrected chi connectivity index (χ3v) is 1.66. The van der Waals surface area contributed by atoms with Gasteiger partial charge in [-0.1, -0.05) is 18.1 Å². The lowest BCUT2D eigenvalue weighted by atomic mass is 10.1. The Morgan fingerprint density at radius 3 is 2.93 bits per heavy atom. The fourth-order valence-corrected chi connectivity index (χ4v) is 1.07. The van der Waals surface area contributed by atoms with Gasteiger partial charge in [-0.2, -0.15) is 0 Å². The van der Waals surface area contributed by atoms with Gasteiger partial charge in [0.25, 0.3) is 5.91 Å². The molecular formula is C11H11NO2. The van der Waals surface area contributed by atoms with Crippen LogP contribution in [0, 0.1) is 11.8 Å². The van der Waals surface area contributed by atoms with Gasteiger partial charge in [0.05, 0.1) is 0 Å². The Kier molecular flexibility index (Phi) is 3.71. The van der Waals surface area contributed by atoms with Crippen LogP contribution in [0.1, 0.15) is 11.1 Å². The topological polar surface area (TPSA) is 63.3 Å². The highest BCUT2D eigenvalue weighted by molar-refractivity contribution is 5.92. The summed E-state index contributed by atoms with van der Waals surface area (Å²) in [4.78, 5) is 10.4. The van der Waals surface area contributed by atoms with Crippen molar-refractivity contribution in [1.82, 2.24) is 0 Å². The molecule has 72 valence electrons. The molecule has 0 atom stereocenters. The fourth-order valence-electron chi connectivity index (χ4n) is 1.07. The van der Waals surface area contributed by atoms with Gasteiger partial charge >= 0.3 is 0 Å². The number of aliphatic hydroxyl groups excluding tert-OH is 1. The van der Waals surface area contributed by atoms with E-state index >= 15 is 0 Å². The lowest BCUT2D eigenvalue weighted by Crippen LogP contribution is -2.06. The predicted octanol–water partition coefficient (Wildman–Crippen LogP) is 0.0582. The van der Waals surface area contributed by atoms with Crippen LogP contribution >= 0.6 is 0 Å². The van der Waals surface area contributed by atoms with E-state index in [1.54, 1.807) is 6.07 Å². The molecule has 3 nitrogen and oxygen atoms in total. The Bertz CT molecular complexity index is 388. The van der Waals surface area contributed by atoms with Crippen molar-refractivity contribution in [2.75, 3.05) is 6.61 Å². The number of carbonyl (C=O) groups excluding carboxylic acids is 1. The maximum atomic E-state index is 10.4. The van der Waals surface area contributed by atoms with Crippen LogP contribution in [0.2, 0.25) is 0 Å². The number of hydrogen-bond donors (Lipinski definition) is 2. The first-order valence-corrected chi connectivity index (χ1v) is 4.23. The zero-order valence-corrected chi connectivity index (χ0v) is 7.66. The minimum absolute atomic E-state index is 0.104. The molecule has 0 spiro atoms. The smallest absolute Gasteiger partial charge is 0.293 e. The standard InChI is InChI=1S/C11H11NO2/c12-11(14)5-4-9-2-1-3-10(8-9)6-7-13/h1-3,8,13H,6-7H2,(H2,12,14). The van der Waals surface area contributed by atoms with Crippen LogP contribution in [-0.2, 0) is 11.2 Å². The maximum absolute atomic E-state index is 10.4. The molecule has 0 radical (unpaired) electrons. The van der Waals surface area contributed by atoms with Crippen molar-refractivity contribution in [3.8, 4) is 11.8 Å². The average Bonchev–Trinajstić information content (AvgIpc) is 2.16. The number of primary amides is 1. The van der Waals surface area contributed by atoms with Crippen molar-refractivity contribution < 1.29 is 9.90 Å². The molecule has 1 aromatic carbocycles. The van der Waals surface area contributed by atoms with Crippen molar-refractivity contribution in [3.05, 3.63) is 35.4 Å². The van der Waals surface area contributed by atoms with Crippen molar-refractivity contribution in [2.24, 2.45) is 5.73 Å². The maximum Gasteiger partial charge on any atom is 0.293 e. The molecule has 1 amide bonds. The summed E-state index contributed by atoms with van der Waals surface area (Å²) in [6.07, 6.45) is 0.589. The lowest BCUT2D eigenvalue weighted by molar-refractivity contribution is -0.112. The molecule has 3 N–H and O–H groups in total. The summed E-state index contributed by atoms with van der Waals surface area (Å²) in [5, 5.41) is 8.72. The molecule has 1 aromatic rings. The van der Waals surface area contributed by atoms with E-state index in [-0.39, 0.29) is 6.61 Å². The second kappa shape index (κ2) is 5.05. The van der Waals surface area contributed by atoms with Crippen LogP contribution in [-0.4, -0.2) is 17.6 Å². The third kappa shape index (κ3) is 3.30. The van der Waals surface area contributed by atoms with Gasteiger partial charge in [-0.25, -0.2) is 0 Å². The molecule has 0 unspecified atom stereocenters. The first kappa shape index (κ1) is 10.3. The molecule has 0 aromatic heterocycles. The highest BCUT2D eigenvalue weighted by Gasteiger charge is 1.92. The molecule has 0 heterocycles. The zero-order valence-electron chi connectivity index (χ0n) is 7.66. The van der Waals surface area contributed by atoms with Gasteiger partial charge in [-0.15, -0.1) is 0 Å². The van der Waals surface area contributed by atoms with Gasteiger partial charge in [-0.3, -0.25) is 4.79 Å². The number of rotatable bonds is 2. The Balaban J connectivity index is 2.85. The molecule has 0 aliphatic heterocycles. The summed E-state index contributed by atoms with van der Waals surface area (Å²) in [6, 6.07) is 7.34. The predicted molar refractivity (Wildman–Crippen MR) is 53.3 cm³/mol. The minimum atomic E-state index is -0.641. The van der Waals surface area contributed by atoms with Gasteiger partial charge in [0, 0.05) is 12.2 Å². The molecule has 1 rings (SSSR count). The highest BCUT2D eigenvalue weighted by atomic mass is 16.2. The van der Waals surface area contributed by atoms with Crippen LogP contribution in [0.3, 0.4) is 0 Å². The van der Waals surface area contributed by atoms with E-state index in [0.29, 0.717) is 6.42 Å². The van der Waals surface area contributed by atoms with Gasteiger partial charge in [0.1, 0.15) is 0 Å². The SMILES string of the molecule is NC(=O)C#Cc1cccc(CCO)c1. The van der Waals surface area contributed by atoms with E-state index in [4.69, 9.17) is 10.8 Å². The Hall–Kier alpha value is -1.79.